The summed E-state index contributed by atoms with van der Waals surface area (Å²) in [4.78, 5) is 48.1. The van der Waals surface area contributed by atoms with Crippen LogP contribution >= 0.6 is 11.3 Å². The van der Waals surface area contributed by atoms with Gasteiger partial charge in [-0.3, -0.25) is 25.2 Å². The molecule has 1 atom stereocenters. The number of thiophene rings is 1. The van der Waals surface area contributed by atoms with E-state index in [0.29, 0.717) is 4.88 Å². The maximum atomic E-state index is 12.2. The minimum atomic E-state index is -0.912. The van der Waals surface area contributed by atoms with Crippen molar-refractivity contribution in [2.24, 2.45) is 5.92 Å². The molecule has 144 valence electrons. The quantitative estimate of drug-likeness (QED) is 0.478. The van der Waals surface area contributed by atoms with Crippen LogP contribution in [0, 0.1) is 5.92 Å². The van der Waals surface area contributed by atoms with Crippen molar-refractivity contribution in [1.82, 2.24) is 16.2 Å². The summed E-state index contributed by atoms with van der Waals surface area (Å²) in [5.74, 6) is -2.76. The molecule has 27 heavy (non-hydrogen) atoms. The number of esters is 1. The van der Waals surface area contributed by atoms with Crippen LogP contribution in [0.4, 0.5) is 0 Å². The third-order valence-corrected chi connectivity index (χ3v) is 4.23. The highest BCUT2D eigenvalue weighted by Gasteiger charge is 2.27. The highest BCUT2D eigenvalue weighted by atomic mass is 32.1. The lowest BCUT2D eigenvalue weighted by Gasteiger charge is -2.20. The molecule has 9 nitrogen and oxygen atoms in total. The van der Waals surface area contributed by atoms with Crippen molar-refractivity contribution in [2.45, 2.75) is 19.9 Å². The SMILES string of the molecule is CC(C)[C@@H](NC(=O)c1cccs1)C(=O)OCC(=O)NNC(=O)c1ccco1. The number of hydrogen-bond donors (Lipinski definition) is 3. The molecule has 0 radical (unpaired) electrons. The first-order valence-corrected chi connectivity index (χ1v) is 8.90. The molecule has 0 aliphatic carbocycles. The predicted octanol–water partition coefficient (Wildman–Crippen LogP) is 1.10. The zero-order valence-corrected chi connectivity index (χ0v) is 15.5. The van der Waals surface area contributed by atoms with Gasteiger partial charge in [0.2, 0.25) is 0 Å². The Bertz CT molecular complexity index is 786. The summed E-state index contributed by atoms with van der Waals surface area (Å²) < 4.78 is 9.79. The molecule has 3 amide bonds. The maximum absolute atomic E-state index is 12.2. The Morgan fingerprint density at radius 2 is 1.89 bits per heavy atom. The molecule has 3 N–H and O–H groups in total. The first-order valence-electron chi connectivity index (χ1n) is 8.02. The molecule has 2 rings (SSSR count). The van der Waals surface area contributed by atoms with E-state index in [1.54, 1.807) is 31.4 Å². The normalized spacial score (nSPS) is 11.5. The van der Waals surface area contributed by atoms with E-state index in [9.17, 15) is 19.2 Å². The topological polar surface area (TPSA) is 127 Å². The van der Waals surface area contributed by atoms with Crippen LogP contribution in [0.2, 0.25) is 0 Å². The van der Waals surface area contributed by atoms with E-state index in [1.807, 2.05) is 0 Å². The second-order valence-corrected chi connectivity index (χ2v) is 6.71. The molecule has 0 aliphatic rings. The van der Waals surface area contributed by atoms with Gasteiger partial charge in [0.25, 0.3) is 11.8 Å². The highest BCUT2D eigenvalue weighted by molar-refractivity contribution is 7.12. The number of rotatable bonds is 7. The zero-order chi connectivity index (χ0) is 19.8. The van der Waals surface area contributed by atoms with Crippen molar-refractivity contribution < 1.29 is 28.3 Å². The van der Waals surface area contributed by atoms with Crippen molar-refractivity contribution in [1.29, 1.82) is 0 Å². The smallest absolute Gasteiger partial charge is 0.329 e. The first-order chi connectivity index (χ1) is 12.9. The monoisotopic (exact) mass is 393 g/mol. The molecule has 0 aliphatic heterocycles. The predicted molar refractivity (Wildman–Crippen MR) is 95.7 cm³/mol. The first kappa shape index (κ1) is 20.2. The van der Waals surface area contributed by atoms with Gasteiger partial charge < -0.3 is 14.5 Å². The van der Waals surface area contributed by atoms with Crippen LogP contribution in [0.15, 0.2) is 40.3 Å². The zero-order valence-electron chi connectivity index (χ0n) is 14.7. The molecule has 0 aromatic carbocycles. The molecule has 0 saturated carbocycles. The van der Waals surface area contributed by atoms with Gasteiger partial charge in [0.15, 0.2) is 12.4 Å². The number of hydrazine groups is 1. The van der Waals surface area contributed by atoms with Crippen LogP contribution < -0.4 is 16.2 Å². The summed E-state index contributed by atoms with van der Waals surface area (Å²) >= 11 is 1.25. The second kappa shape index (κ2) is 9.53. The maximum Gasteiger partial charge on any atom is 0.329 e. The van der Waals surface area contributed by atoms with Gasteiger partial charge in [-0.05, 0) is 29.5 Å². The van der Waals surface area contributed by atoms with E-state index >= 15 is 0 Å². The minimum Gasteiger partial charge on any atom is -0.459 e. The molecule has 0 spiro atoms. The van der Waals surface area contributed by atoms with Gasteiger partial charge in [-0.2, -0.15) is 0 Å². The number of carbonyl (C=O) groups excluding carboxylic acids is 4. The molecule has 2 heterocycles. The lowest BCUT2D eigenvalue weighted by atomic mass is 10.0. The van der Waals surface area contributed by atoms with Crippen LogP contribution in [0.1, 0.15) is 34.1 Å². The Balaban J connectivity index is 1.79. The lowest BCUT2D eigenvalue weighted by molar-refractivity contribution is -0.151. The number of ether oxygens (including phenoxy) is 1. The number of amides is 3. The van der Waals surface area contributed by atoms with Gasteiger partial charge >= 0.3 is 11.9 Å². The molecular formula is C17H19N3O6S. The van der Waals surface area contributed by atoms with Crippen LogP contribution in [-0.4, -0.2) is 36.3 Å². The lowest BCUT2D eigenvalue weighted by Crippen LogP contribution is -2.47. The Kier molecular flexibility index (Phi) is 7.12. The van der Waals surface area contributed by atoms with Crippen molar-refractivity contribution >= 4 is 35.0 Å². The van der Waals surface area contributed by atoms with E-state index in [-0.39, 0.29) is 11.7 Å². The van der Waals surface area contributed by atoms with Crippen molar-refractivity contribution in [3.63, 3.8) is 0 Å². The van der Waals surface area contributed by atoms with Crippen LogP contribution in [0.5, 0.6) is 0 Å². The Hall–Kier alpha value is -3.14. The van der Waals surface area contributed by atoms with Gasteiger partial charge in [-0.1, -0.05) is 19.9 Å². The summed E-state index contributed by atoms with van der Waals surface area (Å²) in [5, 5.41) is 4.34. The number of carbonyl (C=O) groups is 4. The Morgan fingerprint density at radius 3 is 2.48 bits per heavy atom. The summed E-state index contributed by atoms with van der Waals surface area (Å²) in [6, 6.07) is 5.40. The average Bonchev–Trinajstić information content (AvgIpc) is 3.35. The van der Waals surface area contributed by atoms with Gasteiger partial charge in [0.05, 0.1) is 11.1 Å². The Labute approximate surface area is 159 Å². The molecule has 0 bridgehead atoms. The number of hydrogen-bond acceptors (Lipinski definition) is 7. The summed E-state index contributed by atoms with van der Waals surface area (Å²) in [5.41, 5.74) is 4.22. The number of nitrogens with one attached hydrogen (secondary N) is 3. The molecular weight excluding hydrogens is 374 g/mol. The van der Waals surface area contributed by atoms with E-state index in [0.717, 1.165) is 0 Å². The molecule has 0 saturated heterocycles. The third-order valence-electron chi connectivity index (χ3n) is 3.36. The van der Waals surface area contributed by atoms with E-state index in [2.05, 4.69) is 16.2 Å². The molecule has 2 aromatic rings. The minimum absolute atomic E-state index is 0.0171. The molecule has 10 heteroatoms. The largest absolute Gasteiger partial charge is 0.459 e. The van der Waals surface area contributed by atoms with Crippen molar-refractivity contribution in [3.05, 3.63) is 46.5 Å². The second-order valence-electron chi connectivity index (χ2n) is 5.76. The van der Waals surface area contributed by atoms with Gasteiger partial charge in [0.1, 0.15) is 6.04 Å². The summed E-state index contributed by atoms with van der Waals surface area (Å²) in [6.45, 7) is 2.87. The van der Waals surface area contributed by atoms with Gasteiger partial charge in [0, 0.05) is 0 Å². The fourth-order valence-corrected chi connectivity index (χ4v) is 2.60. The van der Waals surface area contributed by atoms with Crippen molar-refractivity contribution in [3.8, 4) is 0 Å². The average molecular weight is 393 g/mol. The standard InChI is InChI=1S/C17H19N3O6S/c1-10(2)14(18-16(23)12-6-4-8-27-12)17(24)26-9-13(21)19-20-15(22)11-5-3-7-25-11/h3-8,10,14H,9H2,1-2H3,(H,18,23)(H,19,21)(H,20,22)/t14-/m1/s1. The summed E-state index contributed by atoms with van der Waals surface area (Å²) in [7, 11) is 0. The van der Waals surface area contributed by atoms with Crippen LogP contribution in [0.3, 0.4) is 0 Å². The number of furan rings is 1. The molecule has 0 fully saturated rings. The van der Waals surface area contributed by atoms with Gasteiger partial charge in [-0.25, -0.2) is 4.79 Å². The van der Waals surface area contributed by atoms with Crippen LogP contribution in [-0.2, 0) is 14.3 Å². The molecule has 0 unspecified atom stereocenters. The van der Waals surface area contributed by atoms with Crippen LogP contribution in [0.25, 0.3) is 0 Å². The fraction of sp³-hybridized carbons (Fsp3) is 0.294. The highest BCUT2D eigenvalue weighted by Crippen LogP contribution is 2.11. The van der Waals surface area contributed by atoms with E-state index in [1.165, 1.54) is 29.7 Å². The third kappa shape index (κ3) is 5.96. The van der Waals surface area contributed by atoms with Gasteiger partial charge in [-0.15, -0.1) is 11.3 Å². The fourth-order valence-electron chi connectivity index (χ4n) is 1.98. The van der Waals surface area contributed by atoms with Crippen molar-refractivity contribution in [2.75, 3.05) is 6.61 Å². The van der Waals surface area contributed by atoms with E-state index in [4.69, 9.17) is 9.15 Å². The molecule has 2 aromatic heterocycles. The Morgan fingerprint density at radius 1 is 1.11 bits per heavy atom. The summed E-state index contributed by atoms with van der Waals surface area (Å²) in [6.07, 6.45) is 1.31. The van der Waals surface area contributed by atoms with E-state index < -0.39 is 36.3 Å².